The molecule has 2 nitrogen and oxygen atoms in total. The molecule has 0 bridgehead atoms. The second-order valence-electron chi connectivity index (χ2n) is 7.05. The molecule has 0 saturated heterocycles. The van der Waals surface area contributed by atoms with Gasteiger partial charge in [-0.1, -0.05) is 66.7 Å². The van der Waals surface area contributed by atoms with Gasteiger partial charge in [-0.05, 0) is 28.4 Å². The summed E-state index contributed by atoms with van der Waals surface area (Å²) in [4.78, 5) is 12.4. The molecule has 0 unspecified atom stereocenters. The monoisotopic (exact) mass is 356 g/mol. The van der Waals surface area contributed by atoms with Crippen molar-refractivity contribution in [2.24, 2.45) is 10.8 Å². The highest BCUT2D eigenvalue weighted by Gasteiger charge is 2.31. The lowest BCUT2D eigenvalue weighted by atomic mass is 9.86. The SMILES string of the molecule is CC/C=C\C=C/CO/C(=C(/Br)C(=O)C(C)(C)C)C(C)(C)C. The molecule has 0 aromatic rings. The Morgan fingerprint density at radius 1 is 1.00 bits per heavy atom. The predicted octanol–water partition coefficient (Wildman–Crippen LogP) is 5.79. The Balaban J connectivity index is 5.11. The molecule has 0 aromatic heterocycles. The van der Waals surface area contributed by atoms with Crippen LogP contribution in [0.1, 0.15) is 54.9 Å². The average molecular weight is 357 g/mol. The number of carbonyl (C=O) groups is 1. The van der Waals surface area contributed by atoms with Crippen molar-refractivity contribution in [2.75, 3.05) is 6.61 Å². The van der Waals surface area contributed by atoms with Crippen LogP contribution in [0.25, 0.3) is 0 Å². The van der Waals surface area contributed by atoms with Gasteiger partial charge in [-0.2, -0.15) is 0 Å². The minimum absolute atomic E-state index is 0.0577. The van der Waals surface area contributed by atoms with E-state index in [0.717, 1.165) is 6.42 Å². The summed E-state index contributed by atoms with van der Waals surface area (Å²) < 4.78 is 6.40. The van der Waals surface area contributed by atoms with E-state index in [1.54, 1.807) is 0 Å². The van der Waals surface area contributed by atoms with Gasteiger partial charge < -0.3 is 4.74 Å². The molecule has 0 aromatic carbocycles. The fourth-order valence-electron chi connectivity index (χ4n) is 1.52. The van der Waals surface area contributed by atoms with Crippen molar-refractivity contribution in [3.63, 3.8) is 0 Å². The maximum absolute atomic E-state index is 12.4. The van der Waals surface area contributed by atoms with E-state index in [2.05, 4.69) is 28.9 Å². The summed E-state index contributed by atoms with van der Waals surface area (Å²) in [7, 11) is 0. The maximum atomic E-state index is 12.4. The number of carbonyl (C=O) groups excluding carboxylic acids is 1. The van der Waals surface area contributed by atoms with Crippen LogP contribution in [-0.2, 0) is 9.53 Å². The minimum Gasteiger partial charge on any atom is -0.492 e. The van der Waals surface area contributed by atoms with Gasteiger partial charge in [0.2, 0.25) is 0 Å². The highest BCUT2D eigenvalue weighted by atomic mass is 79.9. The van der Waals surface area contributed by atoms with Gasteiger partial charge in [0.25, 0.3) is 0 Å². The molecule has 3 heteroatoms. The largest absolute Gasteiger partial charge is 0.492 e. The Hall–Kier alpha value is -0.830. The van der Waals surface area contributed by atoms with E-state index in [1.165, 1.54) is 0 Å². The third kappa shape index (κ3) is 7.66. The predicted molar refractivity (Wildman–Crippen MR) is 94.4 cm³/mol. The van der Waals surface area contributed by atoms with Gasteiger partial charge in [0.1, 0.15) is 12.4 Å². The minimum atomic E-state index is -0.432. The van der Waals surface area contributed by atoms with Gasteiger partial charge in [0.05, 0.1) is 4.48 Å². The van der Waals surface area contributed by atoms with Crippen LogP contribution in [0.3, 0.4) is 0 Å². The second kappa shape index (κ2) is 8.57. The Morgan fingerprint density at radius 2 is 1.52 bits per heavy atom. The summed E-state index contributed by atoms with van der Waals surface area (Å²) in [6, 6.07) is 0. The molecule has 0 aliphatic heterocycles. The lowest BCUT2D eigenvalue weighted by Gasteiger charge is -2.26. The van der Waals surface area contributed by atoms with Gasteiger partial charge in [-0.25, -0.2) is 0 Å². The van der Waals surface area contributed by atoms with Crippen molar-refractivity contribution in [1.82, 2.24) is 0 Å². The van der Waals surface area contributed by atoms with Crippen LogP contribution in [0.4, 0.5) is 0 Å². The fraction of sp³-hybridized carbons (Fsp3) is 0.611. The number of Topliss-reactive ketones (excluding diaryl/α,β-unsaturated/α-hetero) is 1. The first kappa shape index (κ1) is 20.2. The smallest absolute Gasteiger partial charge is 0.178 e. The zero-order valence-electron chi connectivity index (χ0n) is 14.4. The van der Waals surface area contributed by atoms with Crippen molar-refractivity contribution < 1.29 is 9.53 Å². The fourth-order valence-corrected chi connectivity index (χ4v) is 2.83. The Labute approximate surface area is 138 Å². The number of ether oxygens (including phenoxy) is 1. The number of halogens is 1. The van der Waals surface area contributed by atoms with Gasteiger partial charge >= 0.3 is 0 Å². The van der Waals surface area contributed by atoms with Crippen LogP contribution in [0.15, 0.2) is 34.5 Å². The molecule has 0 aliphatic carbocycles. The summed E-state index contributed by atoms with van der Waals surface area (Å²) in [5, 5.41) is 0. The summed E-state index contributed by atoms with van der Waals surface area (Å²) >= 11 is 3.44. The molecule has 0 spiro atoms. The third-order valence-corrected chi connectivity index (χ3v) is 3.42. The Bertz CT molecular complexity index is 429. The van der Waals surface area contributed by atoms with Crippen molar-refractivity contribution in [1.29, 1.82) is 0 Å². The van der Waals surface area contributed by atoms with Crippen molar-refractivity contribution in [3.8, 4) is 0 Å². The summed E-state index contributed by atoms with van der Waals surface area (Å²) in [5.74, 6) is 0.758. The quantitative estimate of drug-likeness (QED) is 0.341. The molecule has 0 rings (SSSR count). The van der Waals surface area contributed by atoms with E-state index in [0.29, 0.717) is 16.8 Å². The summed E-state index contributed by atoms with van der Waals surface area (Å²) in [5.41, 5.74) is -0.661. The molecule has 0 radical (unpaired) electrons. The molecular weight excluding hydrogens is 328 g/mol. The normalized spacial score (nSPS) is 14.7. The van der Waals surface area contributed by atoms with Crippen molar-refractivity contribution in [2.45, 2.75) is 54.9 Å². The van der Waals surface area contributed by atoms with Crippen LogP contribution < -0.4 is 0 Å². The third-order valence-electron chi connectivity index (χ3n) is 2.70. The summed E-state index contributed by atoms with van der Waals surface area (Å²) in [6.07, 6.45) is 9.00. The Kier molecular flexibility index (Phi) is 8.23. The zero-order chi connectivity index (χ0) is 16.7. The van der Waals surface area contributed by atoms with Crippen LogP contribution in [0.2, 0.25) is 0 Å². The molecule has 0 amide bonds. The first-order valence-corrected chi connectivity index (χ1v) is 8.20. The van der Waals surface area contributed by atoms with Crippen LogP contribution in [0.5, 0.6) is 0 Å². The molecule has 21 heavy (non-hydrogen) atoms. The highest BCUT2D eigenvalue weighted by molar-refractivity contribution is 9.12. The summed E-state index contributed by atoms with van der Waals surface area (Å²) in [6.45, 7) is 14.4. The first-order chi connectivity index (χ1) is 9.51. The first-order valence-electron chi connectivity index (χ1n) is 7.41. The second-order valence-corrected chi connectivity index (χ2v) is 7.84. The standard InChI is InChI=1S/C18H29BrO2/c1-8-9-10-11-12-13-21-16(18(5,6)7)14(19)15(20)17(2,3)4/h9-12H,8,13H2,1-7H3/b10-9-,12-11-,16-14+. The van der Waals surface area contributed by atoms with Gasteiger partial charge in [0, 0.05) is 10.8 Å². The lowest BCUT2D eigenvalue weighted by molar-refractivity contribution is -0.122. The molecular formula is C18H29BrO2. The molecule has 0 saturated carbocycles. The zero-order valence-corrected chi connectivity index (χ0v) is 16.0. The molecule has 0 aliphatic rings. The molecule has 0 fully saturated rings. The van der Waals surface area contributed by atoms with Crippen LogP contribution in [-0.4, -0.2) is 12.4 Å². The molecule has 0 atom stereocenters. The number of hydrogen-bond acceptors (Lipinski definition) is 2. The molecule has 0 heterocycles. The lowest BCUT2D eigenvalue weighted by Crippen LogP contribution is -2.24. The van der Waals surface area contributed by atoms with Gasteiger partial charge in [-0.3, -0.25) is 4.79 Å². The van der Waals surface area contributed by atoms with Gasteiger partial charge in [-0.15, -0.1) is 0 Å². The van der Waals surface area contributed by atoms with E-state index in [1.807, 2.05) is 59.8 Å². The van der Waals surface area contributed by atoms with Gasteiger partial charge in [0.15, 0.2) is 5.78 Å². The van der Waals surface area contributed by atoms with Crippen molar-refractivity contribution >= 4 is 21.7 Å². The van der Waals surface area contributed by atoms with Crippen molar-refractivity contribution in [3.05, 3.63) is 34.5 Å². The molecule has 120 valence electrons. The molecule has 0 N–H and O–H groups in total. The number of ketones is 1. The van der Waals surface area contributed by atoms with E-state index >= 15 is 0 Å². The van der Waals surface area contributed by atoms with E-state index in [-0.39, 0.29) is 11.2 Å². The van der Waals surface area contributed by atoms with Crippen LogP contribution in [0, 0.1) is 10.8 Å². The topological polar surface area (TPSA) is 26.3 Å². The number of allylic oxidation sites excluding steroid dienone is 5. The van der Waals surface area contributed by atoms with E-state index in [9.17, 15) is 4.79 Å². The van der Waals surface area contributed by atoms with Crippen LogP contribution >= 0.6 is 15.9 Å². The Morgan fingerprint density at radius 3 is 1.95 bits per heavy atom. The van der Waals surface area contributed by atoms with E-state index < -0.39 is 5.41 Å². The van der Waals surface area contributed by atoms with E-state index in [4.69, 9.17) is 4.74 Å². The highest BCUT2D eigenvalue weighted by Crippen LogP contribution is 2.35. The number of hydrogen-bond donors (Lipinski definition) is 0. The number of rotatable bonds is 6. The maximum Gasteiger partial charge on any atom is 0.178 e. The average Bonchev–Trinajstić information content (AvgIpc) is 2.33.